The summed E-state index contributed by atoms with van der Waals surface area (Å²) >= 11 is 1.48. The Labute approximate surface area is 118 Å². The highest BCUT2D eigenvalue weighted by molar-refractivity contribution is 7.99. The van der Waals surface area contributed by atoms with Gasteiger partial charge in [-0.2, -0.15) is 0 Å². The van der Waals surface area contributed by atoms with Crippen molar-refractivity contribution in [2.24, 2.45) is 0 Å². The van der Waals surface area contributed by atoms with Gasteiger partial charge in [-0.25, -0.2) is 0 Å². The number of aromatic nitrogens is 3. The van der Waals surface area contributed by atoms with E-state index >= 15 is 0 Å². The minimum Gasteiger partial charge on any atom is -0.353 e. The van der Waals surface area contributed by atoms with Crippen LogP contribution in [-0.2, 0) is 11.3 Å². The summed E-state index contributed by atoms with van der Waals surface area (Å²) in [5.74, 6) is 1.46. The summed E-state index contributed by atoms with van der Waals surface area (Å²) in [7, 11) is 0. The molecular formula is C13H22N4OS. The van der Waals surface area contributed by atoms with Gasteiger partial charge in [-0.3, -0.25) is 4.79 Å². The van der Waals surface area contributed by atoms with Crippen LogP contribution in [0.4, 0.5) is 0 Å². The quantitative estimate of drug-likeness (QED) is 0.812. The molecule has 106 valence electrons. The highest BCUT2D eigenvalue weighted by Crippen LogP contribution is 2.19. The molecule has 0 aliphatic heterocycles. The van der Waals surface area contributed by atoms with Crippen molar-refractivity contribution in [2.45, 2.75) is 63.7 Å². The largest absolute Gasteiger partial charge is 0.353 e. The van der Waals surface area contributed by atoms with Crippen LogP contribution in [0.15, 0.2) is 5.16 Å². The Hall–Kier alpha value is -1.04. The molecule has 0 spiro atoms. The molecule has 19 heavy (non-hydrogen) atoms. The van der Waals surface area contributed by atoms with E-state index in [0.29, 0.717) is 11.8 Å². The molecule has 1 N–H and O–H groups in total. The van der Waals surface area contributed by atoms with Gasteiger partial charge in [-0.15, -0.1) is 10.2 Å². The summed E-state index contributed by atoms with van der Waals surface area (Å²) in [5, 5.41) is 12.1. The number of nitrogens with one attached hydrogen (secondary N) is 1. The van der Waals surface area contributed by atoms with Gasteiger partial charge in [0.15, 0.2) is 5.16 Å². The lowest BCUT2D eigenvalue weighted by molar-refractivity contribution is -0.119. The Bertz CT molecular complexity index is 426. The summed E-state index contributed by atoms with van der Waals surface area (Å²) in [6.45, 7) is 4.98. The molecule has 1 aromatic heterocycles. The fraction of sp³-hybridized carbons (Fsp3) is 0.769. The van der Waals surface area contributed by atoms with Crippen molar-refractivity contribution < 1.29 is 4.79 Å². The van der Waals surface area contributed by atoms with Crippen LogP contribution in [0, 0.1) is 6.92 Å². The van der Waals surface area contributed by atoms with Crippen molar-refractivity contribution in [2.75, 3.05) is 5.75 Å². The van der Waals surface area contributed by atoms with Crippen molar-refractivity contribution in [3.8, 4) is 0 Å². The first kappa shape index (κ1) is 14.4. The van der Waals surface area contributed by atoms with Crippen LogP contribution < -0.4 is 5.32 Å². The van der Waals surface area contributed by atoms with Gasteiger partial charge in [0.25, 0.3) is 0 Å². The van der Waals surface area contributed by atoms with E-state index in [9.17, 15) is 4.79 Å². The Balaban J connectivity index is 1.82. The number of amides is 1. The van der Waals surface area contributed by atoms with Crippen LogP contribution in [-0.4, -0.2) is 32.5 Å². The first-order chi connectivity index (χ1) is 9.20. The summed E-state index contributed by atoms with van der Waals surface area (Å²) < 4.78 is 2.08. The average molecular weight is 282 g/mol. The van der Waals surface area contributed by atoms with Crippen molar-refractivity contribution >= 4 is 17.7 Å². The molecule has 0 atom stereocenters. The van der Waals surface area contributed by atoms with E-state index < -0.39 is 0 Å². The number of aryl methyl sites for hydroxylation is 1. The van der Waals surface area contributed by atoms with Gasteiger partial charge in [0, 0.05) is 12.6 Å². The summed E-state index contributed by atoms with van der Waals surface area (Å²) in [4.78, 5) is 11.9. The molecule has 0 radical (unpaired) electrons. The van der Waals surface area contributed by atoms with E-state index in [1.807, 2.05) is 6.92 Å². The third-order valence-corrected chi connectivity index (χ3v) is 4.37. The summed E-state index contributed by atoms with van der Waals surface area (Å²) in [6.07, 6.45) is 5.77. The van der Waals surface area contributed by atoms with Gasteiger partial charge >= 0.3 is 0 Å². The second kappa shape index (κ2) is 6.93. The first-order valence-corrected chi connectivity index (χ1v) is 8.01. The summed E-state index contributed by atoms with van der Waals surface area (Å²) in [6, 6.07) is 0.392. The standard InChI is InChI=1S/C13H22N4OS/c1-3-8-17-10(2)15-16-13(17)19-9-12(18)14-11-6-4-5-7-11/h11H,3-9H2,1-2H3,(H,14,18). The van der Waals surface area contributed by atoms with Crippen LogP contribution in [0.1, 0.15) is 44.9 Å². The molecule has 6 heteroatoms. The second-order valence-corrected chi connectivity index (χ2v) is 5.96. The Morgan fingerprint density at radius 2 is 2.16 bits per heavy atom. The predicted octanol–water partition coefficient (Wildman–Crippen LogP) is 2.15. The first-order valence-electron chi connectivity index (χ1n) is 7.02. The van der Waals surface area contributed by atoms with Crippen LogP contribution in [0.5, 0.6) is 0 Å². The number of hydrogen-bond donors (Lipinski definition) is 1. The van der Waals surface area contributed by atoms with Crippen molar-refractivity contribution in [1.29, 1.82) is 0 Å². The maximum absolute atomic E-state index is 11.9. The highest BCUT2D eigenvalue weighted by Gasteiger charge is 2.18. The molecule has 5 nitrogen and oxygen atoms in total. The van der Waals surface area contributed by atoms with Crippen molar-refractivity contribution in [3.63, 3.8) is 0 Å². The molecule has 1 aromatic rings. The van der Waals surface area contributed by atoms with Gasteiger partial charge in [-0.05, 0) is 26.2 Å². The van der Waals surface area contributed by atoms with Gasteiger partial charge in [0.2, 0.25) is 5.91 Å². The molecule has 1 heterocycles. The van der Waals surface area contributed by atoms with E-state index in [0.717, 1.165) is 36.8 Å². The molecule has 0 saturated heterocycles. The number of hydrogen-bond acceptors (Lipinski definition) is 4. The van der Waals surface area contributed by atoms with E-state index in [1.165, 1.54) is 24.6 Å². The third-order valence-electron chi connectivity index (χ3n) is 3.40. The minimum absolute atomic E-state index is 0.112. The second-order valence-electron chi connectivity index (χ2n) is 5.02. The molecular weight excluding hydrogens is 260 g/mol. The topological polar surface area (TPSA) is 59.8 Å². The Kier molecular flexibility index (Phi) is 5.24. The van der Waals surface area contributed by atoms with Gasteiger partial charge < -0.3 is 9.88 Å². The molecule has 1 amide bonds. The Morgan fingerprint density at radius 3 is 2.84 bits per heavy atom. The smallest absolute Gasteiger partial charge is 0.230 e. The molecule has 1 aliphatic carbocycles. The van der Waals surface area contributed by atoms with E-state index in [-0.39, 0.29) is 5.91 Å². The predicted molar refractivity (Wildman–Crippen MR) is 76.2 cm³/mol. The maximum atomic E-state index is 11.9. The van der Waals surface area contributed by atoms with Gasteiger partial charge in [-0.1, -0.05) is 31.5 Å². The lowest BCUT2D eigenvalue weighted by atomic mass is 10.2. The van der Waals surface area contributed by atoms with Crippen LogP contribution in [0.25, 0.3) is 0 Å². The zero-order valence-electron chi connectivity index (χ0n) is 11.7. The third kappa shape index (κ3) is 3.96. The van der Waals surface area contributed by atoms with Gasteiger partial charge in [0.1, 0.15) is 5.82 Å². The molecule has 0 aromatic carbocycles. The zero-order valence-corrected chi connectivity index (χ0v) is 12.5. The summed E-state index contributed by atoms with van der Waals surface area (Å²) in [5.41, 5.74) is 0. The number of nitrogens with zero attached hydrogens (tertiary/aromatic N) is 3. The normalized spacial score (nSPS) is 15.9. The number of carbonyl (C=O) groups excluding carboxylic acids is 1. The lowest BCUT2D eigenvalue weighted by Crippen LogP contribution is -2.33. The zero-order chi connectivity index (χ0) is 13.7. The van der Waals surface area contributed by atoms with Crippen LogP contribution >= 0.6 is 11.8 Å². The van der Waals surface area contributed by atoms with Crippen molar-refractivity contribution in [1.82, 2.24) is 20.1 Å². The molecule has 1 saturated carbocycles. The van der Waals surface area contributed by atoms with Crippen molar-refractivity contribution in [3.05, 3.63) is 5.82 Å². The minimum atomic E-state index is 0.112. The van der Waals surface area contributed by atoms with E-state index in [4.69, 9.17) is 0 Å². The number of rotatable bonds is 6. The fourth-order valence-electron chi connectivity index (χ4n) is 2.42. The molecule has 1 fully saturated rings. The molecule has 1 aliphatic rings. The monoisotopic (exact) mass is 282 g/mol. The number of thioether (sulfide) groups is 1. The fourth-order valence-corrected chi connectivity index (χ4v) is 3.24. The highest BCUT2D eigenvalue weighted by atomic mass is 32.2. The SMILES string of the molecule is CCCn1c(C)nnc1SCC(=O)NC1CCCC1. The molecule has 0 unspecified atom stereocenters. The Morgan fingerprint density at radius 1 is 1.42 bits per heavy atom. The van der Waals surface area contributed by atoms with E-state index in [1.54, 1.807) is 0 Å². The van der Waals surface area contributed by atoms with Gasteiger partial charge in [0.05, 0.1) is 5.75 Å². The van der Waals surface area contributed by atoms with Crippen LogP contribution in [0.2, 0.25) is 0 Å². The lowest BCUT2D eigenvalue weighted by Gasteiger charge is -2.11. The maximum Gasteiger partial charge on any atom is 0.230 e. The average Bonchev–Trinajstić information content (AvgIpc) is 3.00. The molecule has 0 bridgehead atoms. The molecule has 2 rings (SSSR count). The number of carbonyl (C=O) groups is 1. The van der Waals surface area contributed by atoms with Crippen LogP contribution in [0.3, 0.4) is 0 Å². The van der Waals surface area contributed by atoms with E-state index in [2.05, 4.69) is 27.0 Å².